The molecule has 0 spiro atoms. The molecule has 0 fully saturated rings. The molecule has 0 aliphatic rings. The minimum Gasteiger partial charge on any atom is -0.410 e. The van der Waals surface area contributed by atoms with Crippen LogP contribution in [0.1, 0.15) is 23.6 Å². The first-order valence-corrected chi connectivity index (χ1v) is 5.22. The van der Waals surface area contributed by atoms with E-state index in [0.29, 0.717) is 5.75 Å². The highest BCUT2D eigenvalue weighted by Gasteiger charge is 2.10. The number of amides is 1. The summed E-state index contributed by atoms with van der Waals surface area (Å²) in [5, 5.41) is 2.51. The van der Waals surface area contributed by atoms with Crippen LogP contribution in [0, 0.1) is 20.8 Å². The highest BCUT2D eigenvalue weighted by Crippen LogP contribution is 2.25. The van der Waals surface area contributed by atoms with Gasteiger partial charge in [0.05, 0.1) is 0 Å². The fraction of sp³-hybridized carbons (Fsp3) is 0.308. The number of aryl methyl sites for hydroxylation is 2. The largest absolute Gasteiger partial charge is 0.416 e. The topological polar surface area (TPSA) is 38.3 Å². The standard InChI is InChI=1S/C13H17NO2/c1-5-8-14-13(15)16-12-10(3)7-6-9(2)11(12)4/h5-8H,1-4H3,(H,14,15). The van der Waals surface area contributed by atoms with Crippen LogP contribution in [0.5, 0.6) is 5.75 Å². The zero-order valence-electron chi connectivity index (χ0n) is 10.1. The van der Waals surface area contributed by atoms with Crippen LogP contribution < -0.4 is 10.1 Å². The molecule has 0 aliphatic carbocycles. The summed E-state index contributed by atoms with van der Waals surface area (Å²) in [6.45, 7) is 7.68. The van der Waals surface area contributed by atoms with Crippen molar-refractivity contribution in [1.82, 2.24) is 5.32 Å². The van der Waals surface area contributed by atoms with Gasteiger partial charge in [-0.15, -0.1) is 0 Å². The van der Waals surface area contributed by atoms with E-state index in [2.05, 4.69) is 5.32 Å². The Kier molecular flexibility index (Phi) is 4.11. The molecular weight excluding hydrogens is 202 g/mol. The third-order valence-corrected chi connectivity index (χ3v) is 2.44. The van der Waals surface area contributed by atoms with Crippen molar-refractivity contribution < 1.29 is 9.53 Å². The molecule has 1 N–H and O–H groups in total. The molecule has 1 aromatic carbocycles. The average Bonchev–Trinajstić information content (AvgIpc) is 2.27. The maximum Gasteiger partial charge on any atom is 0.416 e. The summed E-state index contributed by atoms with van der Waals surface area (Å²) >= 11 is 0. The van der Waals surface area contributed by atoms with Gasteiger partial charge < -0.3 is 4.74 Å². The molecule has 1 amide bonds. The van der Waals surface area contributed by atoms with Crippen LogP contribution >= 0.6 is 0 Å². The zero-order valence-corrected chi connectivity index (χ0v) is 10.1. The first-order chi connectivity index (χ1) is 7.56. The van der Waals surface area contributed by atoms with E-state index in [1.165, 1.54) is 0 Å². The highest BCUT2D eigenvalue weighted by atomic mass is 16.6. The third-order valence-electron chi connectivity index (χ3n) is 2.44. The molecule has 0 unspecified atom stereocenters. The Hall–Kier alpha value is -1.77. The average molecular weight is 219 g/mol. The number of nitrogens with one attached hydrogen (secondary N) is 1. The molecule has 0 radical (unpaired) electrons. The van der Waals surface area contributed by atoms with E-state index in [1.54, 1.807) is 12.3 Å². The lowest BCUT2D eigenvalue weighted by Crippen LogP contribution is -2.22. The van der Waals surface area contributed by atoms with Crippen molar-refractivity contribution in [2.45, 2.75) is 27.7 Å². The Bertz CT molecular complexity index is 422. The molecular formula is C13H17NO2. The summed E-state index contributed by atoms with van der Waals surface area (Å²) in [5.41, 5.74) is 3.06. The van der Waals surface area contributed by atoms with Crippen molar-refractivity contribution in [3.05, 3.63) is 41.1 Å². The van der Waals surface area contributed by atoms with E-state index >= 15 is 0 Å². The maximum absolute atomic E-state index is 11.4. The monoisotopic (exact) mass is 219 g/mol. The minimum atomic E-state index is -0.463. The summed E-state index contributed by atoms with van der Waals surface area (Å²) in [4.78, 5) is 11.4. The van der Waals surface area contributed by atoms with Gasteiger partial charge in [-0.1, -0.05) is 18.2 Å². The van der Waals surface area contributed by atoms with E-state index in [4.69, 9.17) is 4.74 Å². The summed E-state index contributed by atoms with van der Waals surface area (Å²) in [5.74, 6) is 0.641. The normalized spacial score (nSPS) is 10.5. The third kappa shape index (κ3) is 2.86. The second-order valence-corrected chi connectivity index (χ2v) is 3.69. The van der Waals surface area contributed by atoms with Crippen LogP contribution in [-0.2, 0) is 0 Å². The Morgan fingerprint density at radius 1 is 1.25 bits per heavy atom. The molecule has 3 nitrogen and oxygen atoms in total. The lowest BCUT2D eigenvalue weighted by molar-refractivity contribution is 0.204. The number of ether oxygens (including phenoxy) is 1. The van der Waals surface area contributed by atoms with Gasteiger partial charge in [0.1, 0.15) is 5.75 Å². The fourth-order valence-corrected chi connectivity index (χ4v) is 1.36. The van der Waals surface area contributed by atoms with Gasteiger partial charge in [0, 0.05) is 6.20 Å². The van der Waals surface area contributed by atoms with Crippen LogP contribution in [0.15, 0.2) is 24.4 Å². The maximum atomic E-state index is 11.4. The van der Waals surface area contributed by atoms with Crippen molar-refractivity contribution >= 4 is 6.09 Å². The number of carbonyl (C=O) groups is 1. The Morgan fingerprint density at radius 2 is 1.88 bits per heavy atom. The molecule has 0 heterocycles. The Morgan fingerprint density at radius 3 is 2.50 bits per heavy atom. The van der Waals surface area contributed by atoms with Crippen molar-refractivity contribution in [3.8, 4) is 5.75 Å². The lowest BCUT2D eigenvalue weighted by atomic mass is 10.1. The quantitative estimate of drug-likeness (QED) is 0.829. The summed E-state index contributed by atoms with van der Waals surface area (Å²) in [7, 11) is 0. The SMILES string of the molecule is CC=CNC(=O)Oc1c(C)ccc(C)c1C. The molecule has 0 aromatic heterocycles. The first kappa shape index (κ1) is 12.3. The smallest absolute Gasteiger partial charge is 0.410 e. The molecule has 0 aliphatic heterocycles. The molecule has 86 valence electrons. The van der Waals surface area contributed by atoms with Gasteiger partial charge in [-0.25, -0.2) is 4.79 Å². The second kappa shape index (κ2) is 5.35. The van der Waals surface area contributed by atoms with Gasteiger partial charge in [-0.3, -0.25) is 5.32 Å². The van der Waals surface area contributed by atoms with Gasteiger partial charge in [0.15, 0.2) is 0 Å². The van der Waals surface area contributed by atoms with Crippen molar-refractivity contribution in [2.24, 2.45) is 0 Å². The second-order valence-electron chi connectivity index (χ2n) is 3.69. The van der Waals surface area contributed by atoms with Crippen LogP contribution in [0.4, 0.5) is 4.79 Å². The Labute approximate surface area is 96.1 Å². The molecule has 3 heteroatoms. The number of rotatable bonds is 2. The van der Waals surface area contributed by atoms with Gasteiger partial charge in [0.2, 0.25) is 0 Å². The molecule has 1 rings (SSSR count). The number of hydrogen-bond acceptors (Lipinski definition) is 2. The van der Waals surface area contributed by atoms with Crippen molar-refractivity contribution in [3.63, 3.8) is 0 Å². The summed E-state index contributed by atoms with van der Waals surface area (Å²) in [6, 6.07) is 3.96. The van der Waals surface area contributed by atoms with E-state index in [0.717, 1.165) is 16.7 Å². The molecule has 16 heavy (non-hydrogen) atoms. The van der Waals surface area contributed by atoms with E-state index in [-0.39, 0.29) is 0 Å². The summed E-state index contributed by atoms with van der Waals surface area (Å²) < 4.78 is 5.26. The Balaban J connectivity index is 2.88. The van der Waals surface area contributed by atoms with E-state index < -0.39 is 6.09 Å². The van der Waals surface area contributed by atoms with Gasteiger partial charge >= 0.3 is 6.09 Å². The van der Waals surface area contributed by atoms with E-state index in [9.17, 15) is 4.79 Å². The van der Waals surface area contributed by atoms with Crippen LogP contribution in [0.2, 0.25) is 0 Å². The van der Waals surface area contributed by atoms with Gasteiger partial charge in [-0.05, 0) is 44.4 Å². The predicted octanol–water partition coefficient (Wildman–Crippen LogP) is 3.23. The lowest BCUT2D eigenvalue weighted by Gasteiger charge is -2.11. The van der Waals surface area contributed by atoms with E-state index in [1.807, 2.05) is 39.8 Å². The molecule has 1 aromatic rings. The van der Waals surface area contributed by atoms with Gasteiger partial charge in [-0.2, -0.15) is 0 Å². The molecule has 0 bridgehead atoms. The number of hydrogen-bond donors (Lipinski definition) is 1. The highest BCUT2D eigenvalue weighted by molar-refractivity contribution is 5.72. The van der Waals surface area contributed by atoms with Crippen molar-refractivity contribution in [1.29, 1.82) is 0 Å². The molecule has 0 saturated heterocycles. The fourth-order valence-electron chi connectivity index (χ4n) is 1.36. The summed E-state index contributed by atoms with van der Waals surface area (Å²) in [6.07, 6.45) is 2.81. The first-order valence-electron chi connectivity index (χ1n) is 5.22. The van der Waals surface area contributed by atoms with Crippen molar-refractivity contribution in [2.75, 3.05) is 0 Å². The zero-order chi connectivity index (χ0) is 12.1. The van der Waals surface area contributed by atoms with Crippen LogP contribution in [-0.4, -0.2) is 6.09 Å². The molecule has 0 atom stereocenters. The minimum absolute atomic E-state index is 0.463. The number of allylic oxidation sites excluding steroid dienone is 1. The number of carbonyl (C=O) groups excluding carboxylic acids is 1. The molecule has 0 saturated carbocycles. The predicted molar refractivity (Wildman–Crippen MR) is 64.6 cm³/mol. The number of benzene rings is 1. The van der Waals surface area contributed by atoms with Crippen LogP contribution in [0.3, 0.4) is 0 Å². The van der Waals surface area contributed by atoms with Gasteiger partial charge in [0.25, 0.3) is 0 Å². The van der Waals surface area contributed by atoms with Crippen LogP contribution in [0.25, 0.3) is 0 Å².